The summed E-state index contributed by atoms with van der Waals surface area (Å²) in [6, 6.07) is 9.15. The molecule has 1 saturated carbocycles. The van der Waals surface area contributed by atoms with Gasteiger partial charge in [0.25, 0.3) is 5.69 Å². The Morgan fingerprint density at radius 2 is 2.05 bits per heavy atom. The van der Waals surface area contributed by atoms with Crippen LogP contribution in [0.5, 0.6) is 0 Å². The summed E-state index contributed by atoms with van der Waals surface area (Å²) in [4.78, 5) is 10.6. The lowest BCUT2D eigenvalue weighted by Crippen LogP contribution is -2.07. The zero-order valence-electron chi connectivity index (χ0n) is 11.7. The standard InChI is InChI=1S/C15H18N4O2/c20-19(21)15-8-4-3-7-14(15)16-11-12-9-10-18(17-12)13-5-1-2-6-13/h3-4,7-10,13,16H,1-2,5-6,11H2. The average Bonchev–Trinajstić information content (AvgIpc) is 3.16. The second kappa shape index (κ2) is 5.95. The van der Waals surface area contributed by atoms with Gasteiger partial charge in [-0.05, 0) is 25.0 Å². The first-order valence-electron chi connectivity index (χ1n) is 7.25. The Morgan fingerprint density at radius 1 is 1.29 bits per heavy atom. The third-order valence-corrected chi connectivity index (χ3v) is 3.92. The minimum atomic E-state index is -0.376. The molecule has 21 heavy (non-hydrogen) atoms. The van der Waals surface area contributed by atoms with Crippen LogP contribution in [0.25, 0.3) is 0 Å². The van der Waals surface area contributed by atoms with Gasteiger partial charge in [0.15, 0.2) is 0 Å². The van der Waals surface area contributed by atoms with Gasteiger partial charge in [-0.2, -0.15) is 5.10 Å². The van der Waals surface area contributed by atoms with Gasteiger partial charge in [-0.15, -0.1) is 0 Å². The van der Waals surface area contributed by atoms with Crippen molar-refractivity contribution in [2.45, 2.75) is 38.3 Å². The van der Waals surface area contributed by atoms with E-state index in [1.165, 1.54) is 31.7 Å². The van der Waals surface area contributed by atoms with Crippen molar-refractivity contribution in [3.05, 3.63) is 52.3 Å². The maximum atomic E-state index is 11.0. The molecule has 1 fully saturated rings. The average molecular weight is 286 g/mol. The SMILES string of the molecule is O=[N+]([O-])c1ccccc1NCc1ccn(C2CCCC2)n1. The van der Waals surface area contributed by atoms with Crippen LogP contribution in [-0.4, -0.2) is 14.7 Å². The third kappa shape index (κ3) is 3.04. The fourth-order valence-electron chi connectivity index (χ4n) is 2.81. The van der Waals surface area contributed by atoms with E-state index in [2.05, 4.69) is 10.4 Å². The number of hydrogen-bond donors (Lipinski definition) is 1. The minimum absolute atomic E-state index is 0.0905. The number of anilines is 1. The predicted octanol–water partition coefficient (Wildman–Crippen LogP) is 3.52. The van der Waals surface area contributed by atoms with Crippen LogP contribution < -0.4 is 5.32 Å². The molecule has 1 aromatic carbocycles. The Hall–Kier alpha value is -2.37. The molecule has 0 saturated heterocycles. The molecule has 0 radical (unpaired) electrons. The highest BCUT2D eigenvalue weighted by molar-refractivity contribution is 5.61. The van der Waals surface area contributed by atoms with E-state index < -0.39 is 0 Å². The van der Waals surface area contributed by atoms with Crippen LogP contribution in [0.2, 0.25) is 0 Å². The predicted molar refractivity (Wildman–Crippen MR) is 80.2 cm³/mol. The summed E-state index contributed by atoms with van der Waals surface area (Å²) in [5, 5.41) is 18.6. The summed E-state index contributed by atoms with van der Waals surface area (Å²) in [7, 11) is 0. The molecule has 0 atom stereocenters. The quantitative estimate of drug-likeness (QED) is 0.674. The molecule has 0 bridgehead atoms. The van der Waals surface area contributed by atoms with Crippen molar-refractivity contribution in [1.29, 1.82) is 0 Å². The summed E-state index contributed by atoms with van der Waals surface area (Å²) in [5.41, 5.74) is 1.52. The molecule has 0 amide bonds. The van der Waals surface area contributed by atoms with Gasteiger partial charge in [-0.1, -0.05) is 25.0 Å². The third-order valence-electron chi connectivity index (χ3n) is 3.92. The number of nitrogens with one attached hydrogen (secondary N) is 1. The van der Waals surface area contributed by atoms with Crippen LogP contribution >= 0.6 is 0 Å². The lowest BCUT2D eigenvalue weighted by atomic mass is 10.2. The van der Waals surface area contributed by atoms with E-state index in [1.54, 1.807) is 18.2 Å². The van der Waals surface area contributed by atoms with Crippen LogP contribution in [0.3, 0.4) is 0 Å². The number of hydrogen-bond acceptors (Lipinski definition) is 4. The Bertz CT molecular complexity index is 632. The van der Waals surface area contributed by atoms with E-state index in [-0.39, 0.29) is 10.6 Å². The van der Waals surface area contributed by atoms with Gasteiger partial charge >= 0.3 is 0 Å². The van der Waals surface area contributed by atoms with Gasteiger partial charge in [0.1, 0.15) is 5.69 Å². The highest BCUT2D eigenvalue weighted by Gasteiger charge is 2.17. The highest BCUT2D eigenvalue weighted by atomic mass is 16.6. The van der Waals surface area contributed by atoms with Gasteiger partial charge in [0.2, 0.25) is 0 Å². The maximum absolute atomic E-state index is 11.0. The fourth-order valence-corrected chi connectivity index (χ4v) is 2.81. The topological polar surface area (TPSA) is 73.0 Å². The number of nitro groups is 1. The van der Waals surface area contributed by atoms with E-state index in [1.807, 2.05) is 16.9 Å². The molecule has 2 aromatic rings. The van der Waals surface area contributed by atoms with Crippen molar-refractivity contribution in [2.24, 2.45) is 0 Å². The summed E-state index contributed by atoms with van der Waals surface area (Å²) in [6.07, 6.45) is 6.94. The van der Waals surface area contributed by atoms with E-state index in [0.29, 0.717) is 18.3 Å². The fraction of sp³-hybridized carbons (Fsp3) is 0.400. The van der Waals surface area contributed by atoms with Crippen LogP contribution in [0.1, 0.15) is 37.4 Å². The van der Waals surface area contributed by atoms with Gasteiger partial charge in [0, 0.05) is 12.3 Å². The highest BCUT2D eigenvalue weighted by Crippen LogP contribution is 2.29. The first-order chi connectivity index (χ1) is 10.2. The second-order valence-corrected chi connectivity index (χ2v) is 5.35. The Morgan fingerprint density at radius 3 is 2.81 bits per heavy atom. The minimum Gasteiger partial charge on any atom is -0.374 e. The number of nitrogens with zero attached hydrogens (tertiary/aromatic N) is 3. The summed E-state index contributed by atoms with van der Waals surface area (Å²) in [6.45, 7) is 0.491. The largest absolute Gasteiger partial charge is 0.374 e. The van der Waals surface area contributed by atoms with Gasteiger partial charge in [-0.25, -0.2) is 0 Å². The number of benzene rings is 1. The molecule has 1 N–H and O–H groups in total. The smallest absolute Gasteiger partial charge is 0.292 e. The maximum Gasteiger partial charge on any atom is 0.292 e. The molecule has 1 aliphatic rings. The molecular formula is C15H18N4O2. The van der Waals surface area contributed by atoms with Gasteiger partial charge < -0.3 is 5.32 Å². The Kier molecular flexibility index (Phi) is 3.85. The van der Waals surface area contributed by atoms with Crippen molar-refractivity contribution in [3.63, 3.8) is 0 Å². The monoisotopic (exact) mass is 286 g/mol. The molecule has 0 unspecified atom stereocenters. The summed E-state index contributed by atoms with van der Waals surface area (Å²) in [5.74, 6) is 0. The van der Waals surface area contributed by atoms with Crippen molar-refractivity contribution >= 4 is 11.4 Å². The van der Waals surface area contributed by atoms with E-state index in [9.17, 15) is 10.1 Å². The van der Waals surface area contributed by atoms with E-state index in [4.69, 9.17) is 0 Å². The lowest BCUT2D eigenvalue weighted by molar-refractivity contribution is -0.384. The van der Waals surface area contributed by atoms with Crippen molar-refractivity contribution in [3.8, 4) is 0 Å². The molecule has 1 aliphatic carbocycles. The van der Waals surface area contributed by atoms with Crippen molar-refractivity contribution in [1.82, 2.24) is 9.78 Å². The summed E-state index contributed by atoms with van der Waals surface area (Å²) < 4.78 is 2.03. The molecule has 1 aromatic heterocycles. The molecule has 6 heteroatoms. The van der Waals surface area contributed by atoms with E-state index in [0.717, 1.165) is 5.69 Å². The molecular weight excluding hydrogens is 268 g/mol. The molecule has 110 valence electrons. The zero-order chi connectivity index (χ0) is 14.7. The molecule has 1 heterocycles. The molecule has 0 spiro atoms. The molecule has 3 rings (SSSR count). The van der Waals surface area contributed by atoms with Crippen LogP contribution in [0, 0.1) is 10.1 Å². The lowest BCUT2D eigenvalue weighted by Gasteiger charge is -2.09. The van der Waals surface area contributed by atoms with Crippen LogP contribution in [-0.2, 0) is 6.54 Å². The Balaban J connectivity index is 1.66. The number of rotatable bonds is 5. The number of para-hydroxylation sites is 2. The second-order valence-electron chi connectivity index (χ2n) is 5.35. The van der Waals surface area contributed by atoms with Crippen LogP contribution in [0.15, 0.2) is 36.5 Å². The molecule has 6 nitrogen and oxygen atoms in total. The summed E-state index contributed by atoms with van der Waals surface area (Å²) >= 11 is 0. The molecule has 0 aliphatic heterocycles. The number of nitro benzene ring substituents is 1. The van der Waals surface area contributed by atoms with E-state index >= 15 is 0 Å². The van der Waals surface area contributed by atoms with Gasteiger partial charge in [-0.3, -0.25) is 14.8 Å². The van der Waals surface area contributed by atoms with Crippen molar-refractivity contribution < 1.29 is 4.92 Å². The normalized spacial score (nSPS) is 15.2. The van der Waals surface area contributed by atoms with Crippen LogP contribution in [0.4, 0.5) is 11.4 Å². The zero-order valence-corrected chi connectivity index (χ0v) is 11.7. The Labute approximate surface area is 122 Å². The first-order valence-corrected chi connectivity index (χ1v) is 7.25. The first kappa shape index (κ1) is 13.6. The number of aromatic nitrogens is 2. The van der Waals surface area contributed by atoms with Gasteiger partial charge in [0.05, 0.1) is 23.2 Å². The van der Waals surface area contributed by atoms with Crippen molar-refractivity contribution in [2.75, 3.05) is 5.32 Å².